The van der Waals surface area contributed by atoms with Gasteiger partial charge in [-0.3, -0.25) is 4.79 Å². The van der Waals surface area contributed by atoms with Crippen LogP contribution in [-0.4, -0.2) is 19.0 Å². The van der Waals surface area contributed by atoms with Crippen molar-refractivity contribution in [3.63, 3.8) is 0 Å². The number of carbonyl (C=O) groups excluding carboxylic acids is 1. The molecular formula is C8H18N2O. The molecule has 3 nitrogen and oxygen atoms in total. The van der Waals surface area contributed by atoms with Crippen LogP contribution >= 0.6 is 0 Å². The van der Waals surface area contributed by atoms with Crippen molar-refractivity contribution in [2.75, 3.05) is 7.05 Å². The number of nitrogens with two attached hydrogens (primary N) is 1. The molecule has 0 bridgehead atoms. The summed E-state index contributed by atoms with van der Waals surface area (Å²) in [6, 6.07) is 0.0716. The molecule has 1 unspecified atom stereocenters. The third-order valence-electron chi connectivity index (χ3n) is 1.67. The fraction of sp³-hybridized carbons (Fsp3) is 0.875. The van der Waals surface area contributed by atoms with Gasteiger partial charge in [0, 0.05) is 18.5 Å². The summed E-state index contributed by atoms with van der Waals surface area (Å²) in [6.07, 6.45) is 0.715. The molecule has 66 valence electrons. The summed E-state index contributed by atoms with van der Waals surface area (Å²) in [4.78, 5) is 11.2. The second-order valence-electron chi connectivity index (χ2n) is 3.64. The minimum absolute atomic E-state index is 0.0507. The quantitative estimate of drug-likeness (QED) is 0.628. The molecule has 0 aromatic carbocycles. The smallest absolute Gasteiger partial charge is 0.225 e. The van der Waals surface area contributed by atoms with Crippen LogP contribution in [0.15, 0.2) is 0 Å². The number of hydrogen-bond acceptors (Lipinski definition) is 2. The molecule has 0 aliphatic rings. The molecule has 11 heavy (non-hydrogen) atoms. The highest BCUT2D eigenvalue weighted by atomic mass is 16.2. The van der Waals surface area contributed by atoms with Crippen molar-refractivity contribution >= 4 is 5.91 Å². The number of carbonyl (C=O) groups is 1. The lowest BCUT2D eigenvalue weighted by Crippen LogP contribution is -2.38. The summed E-state index contributed by atoms with van der Waals surface area (Å²) in [5.41, 5.74) is 5.25. The van der Waals surface area contributed by atoms with Gasteiger partial charge in [-0.25, -0.2) is 0 Å². The van der Waals surface area contributed by atoms with Crippen molar-refractivity contribution in [2.45, 2.75) is 33.2 Å². The number of rotatable bonds is 3. The third kappa shape index (κ3) is 3.37. The Bertz CT molecular complexity index is 141. The van der Waals surface area contributed by atoms with Crippen LogP contribution in [0.4, 0.5) is 0 Å². The van der Waals surface area contributed by atoms with E-state index in [1.165, 1.54) is 0 Å². The van der Waals surface area contributed by atoms with Crippen molar-refractivity contribution in [3.05, 3.63) is 0 Å². The Hall–Kier alpha value is -0.570. The molecule has 0 rings (SSSR count). The monoisotopic (exact) mass is 158 g/mol. The van der Waals surface area contributed by atoms with E-state index < -0.39 is 0 Å². The summed E-state index contributed by atoms with van der Waals surface area (Å²) in [5, 5.41) is 2.62. The predicted molar refractivity (Wildman–Crippen MR) is 46.1 cm³/mol. The van der Waals surface area contributed by atoms with E-state index in [9.17, 15) is 4.79 Å². The minimum atomic E-state index is -0.344. The van der Waals surface area contributed by atoms with Crippen LogP contribution in [0.5, 0.6) is 0 Å². The van der Waals surface area contributed by atoms with Crippen molar-refractivity contribution in [1.82, 2.24) is 5.32 Å². The van der Waals surface area contributed by atoms with Crippen LogP contribution < -0.4 is 11.1 Å². The van der Waals surface area contributed by atoms with E-state index in [0.717, 1.165) is 0 Å². The molecule has 0 fully saturated rings. The van der Waals surface area contributed by atoms with Gasteiger partial charge in [-0.2, -0.15) is 0 Å². The highest BCUT2D eigenvalue weighted by Crippen LogP contribution is 2.21. The lowest BCUT2D eigenvalue weighted by atomic mass is 9.85. The molecule has 0 radical (unpaired) electrons. The van der Waals surface area contributed by atoms with Crippen LogP contribution in [0, 0.1) is 5.41 Å². The van der Waals surface area contributed by atoms with Gasteiger partial charge in [-0.1, -0.05) is 13.8 Å². The SMILES string of the molecule is CNC(=O)C(C)(C)CC(C)N. The van der Waals surface area contributed by atoms with Crippen molar-refractivity contribution in [1.29, 1.82) is 0 Å². The molecule has 0 spiro atoms. The zero-order valence-electron chi connectivity index (χ0n) is 7.77. The Balaban J connectivity index is 4.09. The van der Waals surface area contributed by atoms with Gasteiger partial charge in [-0.15, -0.1) is 0 Å². The Morgan fingerprint density at radius 2 is 2.09 bits per heavy atom. The molecule has 0 heterocycles. The first-order valence-corrected chi connectivity index (χ1v) is 3.88. The normalized spacial score (nSPS) is 14.3. The van der Waals surface area contributed by atoms with Crippen LogP contribution in [0.25, 0.3) is 0 Å². The van der Waals surface area contributed by atoms with Gasteiger partial charge < -0.3 is 11.1 Å². The van der Waals surface area contributed by atoms with E-state index in [2.05, 4.69) is 5.32 Å². The first kappa shape index (κ1) is 10.4. The predicted octanol–water partition coefficient (Wildman–Crippen LogP) is 0.496. The maximum absolute atomic E-state index is 11.2. The van der Waals surface area contributed by atoms with E-state index in [1.807, 2.05) is 20.8 Å². The highest BCUT2D eigenvalue weighted by molar-refractivity contribution is 5.81. The van der Waals surface area contributed by atoms with Gasteiger partial charge in [0.15, 0.2) is 0 Å². The summed E-state index contributed by atoms with van der Waals surface area (Å²) < 4.78 is 0. The maximum Gasteiger partial charge on any atom is 0.225 e. The molecular weight excluding hydrogens is 140 g/mol. The molecule has 0 aromatic rings. The minimum Gasteiger partial charge on any atom is -0.359 e. The van der Waals surface area contributed by atoms with Gasteiger partial charge in [0.1, 0.15) is 0 Å². The standard InChI is InChI=1S/C8H18N2O/c1-6(9)5-8(2,3)7(11)10-4/h6H,5,9H2,1-4H3,(H,10,11). The van der Waals surface area contributed by atoms with Crippen molar-refractivity contribution in [2.24, 2.45) is 11.1 Å². The van der Waals surface area contributed by atoms with E-state index in [-0.39, 0.29) is 17.4 Å². The first-order chi connectivity index (χ1) is 4.90. The second kappa shape index (κ2) is 3.72. The van der Waals surface area contributed by atoms with E-state index in [4.69, 9.17) is 5.73 Å². The average molecular weight is 158 g/mol. The van der Waals surface area contributed by atoms with Crippen LogP contribution in [0.3, 0.4) is 0 Å². The van der Waals surface area contributed by atoms with Gasteiger partial charge in [0.05, 0.1) is 0 Å². The molecule has 3 heteroatoms. The summed E-state index contributed by atoms with van der Waals surface area (Å²) in [5.74, 6) is 0.0507. The van der Waals surface area contributed by atoms with E-state index in [1.54, 1.807) is 7.05 Å². The van der Waals surface area contributed by atoms with E-state index in [0.29, 0.717) is 6.42 Å². The molecule has 1 amide bonds. The fourth-order valence-corrected chi connectivity index (χ4v) is 1.24. The van der Waals surface area contributed by atoms with Crippen molar-refractivity contribution in [3.8, 4) is 0 Å². The second-order valence-corrected chi connectivity index (χ2v) is 3.64. The topological polar surface area (TPSA) is 55.1 Å². The van der Waals surface area contributed by atoms with Gasteiger partial charge >= 0.3 is 0 Å². The molecule has 0 saturated heterocycles. The number of amides is 1. The third-order valence-corrected chi connectivity index (χ3v) is 1.67. The fourth-order valence-electron chi connectivity index (χ4n) is 1.24. The van der Waals surface area contributed by atoms with Gasteiger partial charge in [0.2, 0.25) is 5.91 Å². The highest BCUT2D eigenvalue weighted by Gasteiger charge is 2.27. The Morgan fingerprint density at radius 1 is 1.64 bits per heavy atom. The molecule has 3 N–H and O–H groups in total. The Kier molecular flexibility index (Phi) is 3.52. The Labute approximate surface area is 68.3 Å². The maximum atomic E-state index is 11.2. The summed E-state index contributed by atoms with van der Waals surface area (Å²) >= 11 is 0. The first-order valence-electron chi connectivity index (χ1n) is 3.88. The van der Waals surface area contributed by atoms with Crippen LogP contribution in [-0.2, 0) is 4.79 Å². The average Bonchev–Trinajstić information content (AvgIpc) is 1.83. The largest absolute Gasteiger partial charge is 0.359 e. The molecule has 0 aliphatic carbocycles. The van der Waals surface area contributed by atoms with Crippen molar-refractivity contribution < 1.29 is 4.79 Å². The van der Waals surface area contributed by atoms with Crippen LogP contribution in [0.1, 0.15) is 27.2 Å². The van der Waals surface area contributed by atoms with E-state index >= 15 is 0 Å². The molecule has 0 aliphatic heterocycles. The molecule has 0 aromatic heterocycles. The molecule has 0 saturated carbocycles. The lowest BCUT2D eigenvalue weighted by Gasteiger charge is -2.24. The zero-order chi connectivity index (χ0) is 9.07. The molecule has 1 atom stereocenters. The summed E-state index contributed by atoms with van der Waals surface area (Å²) in [6.45, 7) is 5.70. The van der Waals surface area contributed by atoms with Gasteiger partial charge in [-0.05, 0) is 13.3 Å². The number of nitrogens with one attached hydrogen (secondary N) is 1. The number of hydrogen-bond donors (Lipinski definition) is 2. The van der Waals surface area contributed by atoms with Gasteiger partial charge in [0.25, 0.3) is 0 Å². The lowest BCUT2D eigenvalue weighted by molar-refractivity contribution is -0.129. The van der Waals surface area contributed by atoms with Crippen LogP contribution in [0.2, 0.25) is 0 Å². The summed E-state index contributed by atoms with van der Waals surface area (Å²) in [7, 11) is 1.64. The Morgan fingerprint density at radius 3 is 2.36 bits per heavy atom. The zero-order valence-corrected chi connectivity index (χ0v) is 7.77.